The molecule has 7 rings (SSSR count). The third-order valence-corrected chi connectivity index (χ3v) is 8.22. The number of hydrogen-bond acceptors (Lipinski definition) is 8. The summed E-state index contributed by atoms with van der Waals surface area (Å²) in [5.74, 6) is 1.54. The van der Waals surface area contributed by atoms with Crippen LogP contribution in [0.1, 0.15) is 31.2 Å². The molecule has 0 bridgehead atoms. The van der Waals surface area contributed by atoms with Crippen molar-refractivity contribution in [1.29, 1.82) is 0 Å². The Morgan fingerprint density at radius 1 is 0.949 bits per heavy atom. The molecule has 5 aromatic rings. The van der Waals surface area contributed by atoms with Gasteiger partial charge in [-0.1, -0.05) is 12.8 Å². The lowest BCUT2D eigenvalue weighted by molar-refractivity contribution is 0.313. The first-order valence-electron chi connectivity index (χ1n) is 14.0. The van der Waals surface area contributed by atoms with Crippen molar-refractivity contribution in [3.63, 3.8) is 0 Å². The molecule has 0 unspecified atom stereocenters. The molecule has 0 spiro atoms. The quantitative estimate of drug-likeness (QED) is 0.294. The van der Waals surface area contributed by atoms with E-state index >= 15 is 0 Å². The van der Waals surface area contributed by atoms with E-state index in [-0.39, 0.29) is 0 Å². The molecule has 2 aliphatic rings. The zero-order chi connectivity index (χ0) is 26.2. The second kappa shape index (κ2) is 10.3. The Balaban J connectivity index is 1.17. The highest BCUT2D eigenvalue weighted by molar-refractivity contribution is 5.96. The third-order valence-electron chi connectivity index (χ3n) is 8.22. The number of anilines is 1. The molecular weight excluding hydrogens is 488 g/mol. The van der Waals surface area contributed by atoms with Crippen molar-refractivity contribution in [2.24, 2.45) is 5.92 Å². The molecule has 1 aliphatic heterocycles. The van der Waals surface area contributed by atoms with Crippen molar-refractivity contribution in [1.82, 2.24) is 45.3 Å². The van der Waals surface area contributed by atoms with Crippen molar-refractivity contribution in [2.75, 3.05) is 44.7 Å². The molecule has 10 nitrogen and oxygen atoms in total. The topological polar surface area (TPSA) is 115 Å². The summed E-state index contributed by atoms with van der Waals surface area (Å²) in [6.07, 6.45) is 14.9. The molecule has 0 amide bonds. The lowest BCUT2D eigenvalue weighted by Gasteiger charge is -2.33. The first-order valence-corrected chi connectivity index (χ1v) is 14.0. The number of nitrogens with zero attached hydrogens (tertiary/aromatic N) is 7. The van der Waals surface area contributed by atoms with Gasteiger partial charge in [0.15, 0.2) is 5.82 Å². The summed E-state index contributed by atoms with van der Waals surface area (Å²) in [4.78, 5) is 26.9. The number of nitrogens with one attached hydrogen (secondary N) is 3. The molecule has 200 valence electrons. The van der Waals surface area contributed by atoms with Gasteiger partial charge in [-0.25, -0.2) is 4.98 Å². The predicted octanol–water partition coefficient (Wildman–Crippen LogP) is 3.99. The SMILES string of the molecule is CN1CCN(c2cncc3[nH]c(-c4n[nH]c5cnc(-c6cncc(CNCC7CCCC7)c6)cc45)nc23)CC1. The smallest absolute Gasteiger partial charge is 0.159 e. The number of rotatable bonds is 7. The first kappa shape index (κ1) is 24.2. The van der Waals surface area contributed by atoms with Crippen LogP contribution >= 0.6 is 0 Å². The Morgan fingerprint density at radius 3 is 2.67 bits per heavy atom. The minimum absolute atomic E-state index is 0.722. The van der Waals surface area contributed by atoms with Gasteiger partial charge in [-0.2, -0.15) is 5.10 Å². The molecular formula is C29H34N10. The van der Waals surface area contributed by atoms with Crippen LogP contribution in [0.15, 0.2) is 43.1 Å². The van der Waals surface area contributed by atoms with Gasteiger partial charge in [-0.15, -0.1) is 0 Å². The minimum atomic E-state index is 0.722. The molecule has 2 fully saturated rings. The average Bonchev–Trinajstić information content (AvgIpc) is 3.73. The second-order valence-corrected chi connectivity index (χ2v) is 11.0. The standard InChI is InChI=1S/C29H34N10/c1-38-6-8-39(9-7-38)26-18-32-16-25-28(26)35-29(34-25)27-22-11-23(33-17-24(22)36-37-27)21-10-20(14-31-15-21)13-30-12-19-4-2-3-5-19/h10-11,14-19,30H,2-9,12-13H2,1H3,(H,34,35)(H,36,37). The van der Waals surface area contributed by atoms with E-state index < -0.39 is 0 Å². The largest absolute Gasteiger partial charge is 0.366 e. The average molecular weight is 523 g/mol. The van der Waals surface area contributed by atoms with E-state index in [1.54, 1.807) is 0 Å². The second-order valence-electron chi connectivity index (χ2n) is 11.0. The van der Waals surface area contributed by atoms with Gasteiger partial charge in [0.2, 0.25) is 0 Å². The molecule has 1 aliphatic carbocycles. The van der Waals surface area contributed by atoms with Crippen LogP contribution in [-0.2, 0) is 6.54 Å². The van der Waals surface area contributed by atoms with Gasteiger partial charge in [0.25, 0.3) is 0 Å². The van der Waals surface area contributed by atoms with Crippen LogP contribution in [-0.4, -0.2) is 79.8 Å². The van der Waals surface area contributed by atoms with Gasteiger partial charge in [0.1, 0.15) is 11.2 Å². The molecule has 0 radical (unpaired) electrons. The van der Waals surface area contributed by atoms with E-state index in [0.29, 0.717) is 0 Å². The minimum Gasteiger partial charge on any atom is -0.366 e. The number of pyridine rings is 3. The summed E-state index contributed by atoms with van der Waals surface area (Å²) in [7, 11) is 2.16. The fourth-order valence-corrected chi connectivity index (χ4v) is 5.92. The van der Waals surface area contributed by atoms with Gasteiger partial charge >= 0.3 is 0 Å². The van der Waals surface area contributed by atoms with Crippen LogP contribution in [0.4, 0.5) is 5.69 Å². The molecule has 39 heavy (non-hydrogen) atoms. The fraction of sp³-hybridized carbons (Fsp3) is 0.414. The van der Waals surface area contributed by atoms with Gasteiger partial charge in [-0.05, 0) is 50.0 Å². The molecule has 6 heterocycles. The van der Waals surface area contributed by atoms with Gasteiger partial charge in [-0.3, -0.25) is 20.1 Å². The van der Waals surface area contributed by atoms with Crippen molar-refractivity contribution in [3.8, 4) is 22.8 Å². The van der Waals surface area contributed by atoms with E-state index in [1.807, 2.05) is 31.0 Å². The normalized spacial score (nSPS) is 17.1. The first-order chi connectivity index (χ1) is 19.2. The van der Waals surface area contributed by atoms with Crippen molar-refractivity contribution >= 4 is 27.6 Å². The Bertz CT molecular complexity index is 1590. The van der Waals surface area contributed by atoms with E-state index in [0.717, 1.165) is 95.6 Å². The lowest BCUT2D eigenvalue weighted by Crippen LogP contribution is -2.44. The van der Waals surface area contributed by atoms with Crippen LogP contribution in [0.5, 0.6) is 0 Å². The maximum atomic E-state index is 5.01. The van der Waals surface area contributed by atoms with Crippen molar-refractivity contribution < 1.29 is 0 Å². The summed E-state index contributed by atoms with van der Waals surface area (Å²) in [5, 5.41) is 12.3. The molecule has 1 saturated heterocycles. The van der Waals surface area contributed by atoms with Gasteiger partial charge in [0.05, 0.1) is 41.0 Å². The maximum Gasteiger partial charge on any atom is 0.159 e. The maximum absolute atomic E-state index is 5.01. The number of likely N-dealkylation sites (N-methyl/N-ethyl adjacent to an activating group) is 1. The number of aromatic nitrogens is 7. The summed E-state index contributed by atoms with van der Waals surface area (Å²) >= 11 is 0. The highest BCUT2D eigenvalue weighted by Gasteiger charge is 2.21. The van der Waals surface area contributed by atoms with Crippen LogP contribution < -0.4 is 10.2 Å². The number of piperazine rings is 1. The fourth-order valence-electron chi connectivity index (χ4n) is 5.92. The summed E-state index contributed by atoms with van der Waals surface area (Å²) in [6, 6.07) is 4.26. The highest BCUT2D eigenvalue weighted by Crippen LogP contribution is 2.32. The van der Waals surface area contributed by atoms with Crippen LogP contribution in [0, 0.1) is 5.92 Å². The van der Waals surface area contributed by atoms with Crippen LogP contribution in [0.2, 0.25) is 0 Å². The van der Waals surface area contributed by atoms with Crippen molar-refractivity contribution in [3.05, 3.63) is 48.7 Å². The molecule has 0 atom stereocenters. The van der Waals surface area contributed by atoms with Crippen LogP contribution in [0.3, 0.4) is 0 Å². The third kappa shape index (κ3) is 4.86. The Hall–Kier alpha value is -3.89. The number of hydrogen-bond donors (Lipinski definition) is 3. The monoisotopic (exact) mass is 522 g/mol. The van der Waals surface area contributed by atoms with E-state index in [9.17, 15) is 0 Å². The number of H-pyrrole nitrogens is 2. The number of fused-ring (bicyclic) bond motifs is 2. The predicted molar refractivity (Wildman–Crippen MR) is 153 cm³/mol. The Labute approximate surface area is 227 Å². The number of aromatic amines is 2. The highest BCUT2D eigenvalue weighted by atomic mass is 15.3. The van der Waals surface area contributed by atoms with Gasteiger partial charge in [0, 0.05) is 56.1 Å². The molecule has 1 saturated carbocycles. The Morgan fingerprint density at radius 2 is 1.79 bits per heavy atom. The van der Waals surface area contributed by atoms with Crippen molar-refractivity contribution in [2.45, 2.75) is 32.2 Å². The zero-order valence-electron chi connectivity index (χ0n) is 22.3. The molecule has 3 N–H and O–H groups in total. The molecule has 5 aromatic heterocycles. The summed E-state index contributed by atoms with van der Waals surface area (Å²) in [5.41, 5.74) is 7.58. The Kier molecular flexibility index (Phi) is 6.41. The summed E-state index contributed by atoms with van der Waals surface area (Å²) < 4.78 is 0. The van der Waals surface area contributed by atoms with E-state index in [4.69, 9.17) is 9.97 Å². The zero-order valence-corrected chi connectivity index (χ0v) is 22.3. The molecule has 0 aromatic carbocycles. The number of imidazole rings is 1. The molecule has 10 heteroatoms. The summed E-state index contributed by atoms with van der Waals surface area (Å²) in [6.45, 7) is 5.88. The van der Waals surface area contributed by atoms with E-state index in [1.165, 1.54) is 31.2 Å². The van der Waals surface area contributed by atoms with Crippen LogP contribution in [0.25, 0.3) is 44.7 Å². The van der Waals surface area contributed by atoms with E-state index in [2.05, 4.69) is 59.4 Å². The lowest BCUT2D eigenvalue weighted by atomic mass is 10.1. The van der Waals surface area contributed by atoms with Gasteiger partial charge < -0.3 is 20.1 Å².